The molecule has 2 amide bonds. The first-order valence-electron chi connectivity index (χ1n) is 15.0. The lowest BCUT2D eigenvalue weighted by atomic mass is 9.82. The number of hydrogen-bond donors (Lipinski definition) is 3. The molecule has 2 saturated heterocycles. The van der Waals surface area contributed by atoms with Crippen molar-refractivity contribution in [1.82, 2.24) is 20.3 Å². The Balaban J connectivity index is 1.40. The lowest BCUT2D eigenvalue weighted by Crippen LogP contribution is -2.48. The highest BCUT2D eigenvalue weighted by Gasteiger charge is 2.66. The summed E-state index contributed by atoms with van der Waals surface area (Å²) in [6.07, 6.45) is 2.38. The summed E-state index contributed by atoms with van der Waals surface area (Å²) in [5, 5.41) is 20.7. The van der Waals surface area contributed by atoms with E-state index in [1.807, 2.05) is 74.7 Å². The van der Waals surface area contributed by atoms with E-state index in [9.17, 15) is 19.5 Å². The van der Waals surface area contributed by atoms with Gasteiger partial charge >= 0.3 is 0 Å². The lowest BCUT2D eigenvalue weighted by molar-refractivity contribution is -0.146. The zero-order valence-corrected chi connectivity index (χ0v) is 25.9. The standard InChI is InChI=1S/C31H40N6O5Si/c1-21-29(43(2,3)41)27(11-14-35-20-23(12-16-38)33-34-35)42-31(21)25-17-24(36-15-13-32-18-28(36)39)9-10-26(25)37(30(31)40)19-22-7-5-4-6-8-22/h4-10,17,20-21,27,29,32,38,41H,11-16,18-19H2,1-3H3/t21-,27+,29-,31+/m0/s1. The number of aromatic nitrogens is 3. The topological polar surface area (TPSA) is 133 Å². The summed E-state index contributed by atoms with van der Waals surface area (Å²) in [7, 11) is -2.84. The number of amides is 2. The number of ether oxygens (including phenoxy) is 1. The van der Waals surface area contributed by atoms with E-state index in [0.717, 1.165) is 22.5 Å². The molecule has 1 aromatic heterocycles. The fourth-order valence-corrected chi connectivity index (χ4v) is 9.84. The molecule has 3 aliphatic rings. The number of hydrogen-bond acceptors (Lipinski definition) is 8. The first-order chi connectivity index (χ1) is 20.6. The Morgan fingerprint density at radius 3 is 2.67 bits per heavy atom. The van der Waals surface area contributed by atoms with Crippen LogP contribution in [0.25, 0.3) is 0 Å². The van der Waals surface area contributed by atoms with Gasteiger partial charge in [0.25, 0.3) is 5.91 Å². The van der Waals surface area contributed by atoms with Crippen LogP contribution in [0, 0.1) is 5.92 Å². The molecule has 3 aliphatic heterocycles. The second kappa shape index (κ2) is 11.6. The fourth-order valence-electron chi connectivity index (χ4n) is 7.24. The SMILES string of the molecule is C[C@H]1[C@H]([Si](C)(C)O)[C@@H](CCn2cc(CCO)nn2)O[C@]12C(=O)N(Cc1ccccc1)c1ccc(N3CCNCC3=O)cc12. The Hall–Kier alpha value is -3.42. The predicted octanol–water partition coefficient (Wildman–Crippen LogP) is 2.18. The van der Waals surface area contributed by atoms with Crippen LogP contribution in [-0.4, -0.2) is 77.4 Å². The van der Waals surface area contributed by atoms with Crippen molar-refractivity contribution in [2.45, 2.75) is 63.2 Å². The van der Waals surface area contributed by atoms with Crippen LogP contribution >= 0.6 is 0 Å². The van der Waals surface area contributed by atoms with Crippen molar-refractivity contribution >= 4 is 31.5 Å². The highest BCUT2D eigenvalue weighted by molar-refractivity contribution is 6.71. The molecule has 0 radical (unpaired) electrons. The minimum Gasteiger partial charge on any atom is -0.432 e. The molecule has 43 heavy (non-hydrogen) atoms. The number of rotatable bonds is 9. The van der Waals surface area contributed by atoms with Gasteiger partial charge in [0.05, 0.1) is 30.6 Å². The van der Waals surface area contributed by atoms with Crippen LogP contribution in [0.1, 0.15) is 30.2 Å². The van der Waals surface area contributed by atoms with E-state index in [-0.39, 0.29) is 36.4 Å². The highest BCUT2D eigenvalue weighted by atomic mass is 28.4. The van der Waals surface area contributed by atoms with Crippen molar-refractivity contribution in [3.63, 3.8) is 0 Å². The molecule has 0 unspecified atom stereocenters. The maximum Gasteiger partial charge on any atom is 0.264 e. The third kappa shape index (κ3) is 5.31. The lowest BCUT2D eigenvalue weighted by Gasteiger charge is -2.33. The van der Waals surface area contributed by atoms with Gasteiger partial charge in [0.1, 0.15) is 0 Å². The molecule has 228 valence electrons. The molecule has 0 bridgehead atoms. The van der Waals surface area contributed by atoms with E-state index in [1.165, 1.54) is 0 Å². The molecule has 12 heteroatoms. The third-order valence-electron chi connectivity index (χ3n) is 9.15. The van der Waals surface area contributed by atoms with Crippen LogP contribution in [0.4, 0.5) is 11.4 Å². The number of carbonyl (C=O) groups excluding carboxylic acids is 2. The fraction of sp³-hybridized carbons (Fsp3) is 0.484. The molecule has 2 aromatic carbocycles. The number of aliphatic hydroxyl groups excluding tert-OH is 1. The predicted molar refractivity (Wildman–Crippen MR) is 164 cm³/mol. The molecule has 11 nitrogen and oxygen atoms in total. The molecule has 0 aliphatic carbocycles. The number of anilines is 2. The van der Waals surface area contributed by atoms with Gasteiger partial charge in [-0.3, -0.25) is 14.3 Å². The van der Waals surface area contributed by atoms with Crippen molar-refractivity contribution in [3.8, 4) is 0 Å². The monoisotopic (exact) mass is 604 g/mol. The summed E-state index contributed by atoms with van der Waals surface area (Å²) in [5.74, 6) is -0.468. The van der Waals surface area contributed by atoms with Gasteiger partial charge in [-0.05, 0) is 43.3 Å². The van der Waals surface area contributed by atoms with Crippen LogP contribution in [-0.2, 0) is 39.4 Å². The van der Waals surface area contributed by atoms with Crippen molar-refractivity contribution in [1.29, 1.82) is 0 Å². The van der Waals surface area contributed by atoms with Gasteiger partial charge in [0.15, 0.2) is 13.9 Å². The minimum atomic E-state index is -2.84. The van der Waals surface area contributed by atoms with Gasteiger partial charge < -0.3 is 29.8 Å². The molecule has 6 rings (SSSR count). The van der Waals surface area contributed by atoms with Gasteiger partial charge in [0, 0.05) is 61.6 Å². The van der Waals surface area contributed by atoms with Gasteiger partial charge in [-0.15, -0.1) is 5.10 Å². The Labute approximate surface area is 252 Å². The second-order valence-electron chi connectivity index (χ2n) is 12.4. The number of nitrogens with one attached hydrogen (secondary N) is 1. The molecular formula is C31H40N6O5Si. The molecule has 4 atom stereocenters. The smallest absolute Gasteiger partial charge is 0.264 e. The van der Waals surface area contributed by atoms with E-state index >= 15 is 0 Å². The van der Waals surface area contributed by atoms with Crippen molar-refractivity contribution < 1.29 is 24.2 Å². The Morgan fingerprint density at radius 1 is 1.16 bits per heavy atom. The Morgan fingerprint density at radius 2 is 1.95 bits per heavy atom. The maximum absolute atomic E-state index is 14.7. The average molecular weight is 605 g/mol. The summed E-state index contributed by atoms with van der Waals surface area (Å²) < 4.78 is 8.71. The van der Waals surface area contributed by atoms with E-state index in [0.29, 0.717) is 44.7 Å². The third-order valence-corrected chi connectivity index (χ3v) is 11.7. The van der Waals surface area contributed by atoms with Crippen LogP contribution in [0.3, 0.4) is 0 Å². The van der Waals surface area contributed by atoms with E-state index in [2.05, 4.69) is 15.6 Å². The molecular weight excluding hydrogens is 564 g/mol. The number of fused-ring (bicyclic) bond motifs is 2. The van der Waals surface area contributed by atoms with E-state index in [1.54, 1.807) is 14.5 Å². The number of piperazine rings is 1. The Bertz CT molecular complexity index is 1490. The summed E-state index contributed by atoms with van der Waals surface area (Å²) >= 11 is 0. The van der Waals surface area contributed by atoms with Gasteiger partial charge in [-0.1, -0.05) is 42.5 Å². The van der Waals surface area contributed by atoms with Crippen LogP contribution in [0.5, 0.6) is 0 Å². The quantitative estimate of drug-likeness (QED) is 0.317. The van der Waals surface area contributed by atoms with Crippen LogP contribution < -0.4 is 15.1 Å². The number of carbonyl (C=O) groups is 2. The van der Waals surface area contributed by atoms with Crippen LogP contribution in [0.2, 0.25) is 18.6 Å². The molecule has 1 spiro atoms. The second-order valence-corrected chi connectivity index (χ2v) is 16.4. The first-order valence-corrected chi connectivity index (χ1v) is 18.1. The highest BCUT2D eigenvalue weighted by Crippen LogP contribution is 2.60. The van der Waals surface area contributed by atoms with Gasteiger partial charge in [-0.2, -0.15) is 0 Å². The number of benzene rings is 2. The zero-order valence-electron chi connectivity index (χ0n) is 24.9. The molecule has 3 aromatic rings. The zero-order chi connectivity index (χ0) is 30.4. The maximum atomic E-state index is 14.7. The van der Waals surface area contributed by atoms with E-state index < -0.39 is 20.0 Å². The Kier molecular flexibility index (Phi) is 7.98. The normalized spacial score (nSPS) is 25.7. The first kappa shape index (κ1) is 29.6. The van der Waals surface area contributed by atoms with Crippen molar-refractivity contribution in [2.75, 3.05) is 36.0 Å². The molecule has 4 heterocycles. The minimum absolute atomic E-state index is 0.000627. The van der Waals surface area contributed by atoms with Crippen molar-refractivity contribution in [3.05, 3.63) is 71.5 Å². The van der Waals surface area contributed by atoms with Gasteiger partial charge in [0.2, 0.25) is 5.91 Å². The molecule has 0 saturated carbocycles. The van der Waals surface area contributed by atoms with Crippen LogP contribution in [0.15, 0.2) is 54.7 Å². The molecule has 3 N–H and O–H groups in total. The molecule has 2 fully saturated rings. The summed E-state index contributed by atoms with van der Waals surface area (Å²) in [5.41, 5.74) is 2.44. The number of nitrogens with zero attached hydrogens (tertiary/aromatic N) is 5. The number of aryl methyl sites for hydroxylation is 1. The average Bonchev–Trinajstić information content (AvgIpc) is 3.63. The summed E-state index contributed by atoms with van der Waals surface area (Å²) in [6, 6.07) is 15.7. The van der Waals surface area contributed by atoms with Crippen molar-refractivity contribution in [2.24, 2.45) is 5.92 Å². The largest absolute Gasteiger partial charge is 0.432 e. The van der Waals surface area contributed by atoms with Gasteiger partial charge in [-0.25, -0.2) is 0 Å². The summed E-state index contributed by atoms with van der Waals surface area (Å²) in [6.45, 7) is 8.24. The summed E-state index contributed by atoms with van der Waals surface area (Å²) in [4.78, 5) is 42.7. The number of aliphatic hydroxyl groups is 1. The van der Waals surface area contributed by atoms with E-state index in [4.69, 9.17) is 4.74 Å².